The Bertz CT molecular complexity index is 247. The van der Waals surface area contributed by atoms with Gasteiger partial charge >= 0.3 is 0 Å². The Kier molecular flexibility index (Phi) is 4.62. The topological polar surface area (TPSA) is 55.1 Å². The van der Waals surface area contributed by atoms with Gasteiger partial charge in [-0.3, -0.25) is 4.79 Å². The molecule has 0 aliphatic heterocycles. The Labute approximate surface area is 104 Å². The molecule has 3 nitrogen and oxygen atoms in total. The molecule has 0 saturated heterocycles. The fraction of sp³-hybridized carbons (Fsp3) is 0.917. The van der Waals surface area contributed by atoms with Gasteiger partial charge in [-0.05, 0) is 38.5 Å². The van der Waals surface area contributed by atoms with E-state index in [9.17, 15) is 4.79 Å². The third-order valence-electron chi connectivity index (χ3n) is 3.89. The summed E-state index contributed by atoms with van der Waals surface area (Å²) < 4.78 is 0. The zero-order valence-electron chi connectivity index (χ0n) is 10.00. The number of nitrogens with one attached hydrogen (secondary N) is 1. The van der Waals surface area contributed by atoms with Gasteiger partial charge in [0, 0.05) is 6.04 Å². The van der Waals surface area contributed by atoms with Crippen molar-refractivity contribution in [3.05, 3.63) is 0 Å². The summed E-state index contributed by atoms with van der Waals surface area (Å²) >= 11 is 0. The minimum absolute atomic E-state index is 0. The fourth-order valence-electron chi connectivity index (χ4n) is 2.47. The predicted octanol–water partition coefficient (Wildman–Crippen LogP) is 1.98. The lowest BCUT2D eigenvalue weighted by Gasteiger charge is -2.33. The molecule has 0 aromatic carbocycles. The second-order valence-corrected chi connectivity index (χ2v) is 5.32. The van der Waals surface area contributed by atoms with E-state index in [0.29, 0.717) is 12.0 Å². The maximum atomic E-state index is 12.0. The summed E-state index contributed by atoms with van der Waals surface area (Å²) in [6, 6.07) is 0.319. The van der Waals surface area contributed by atoms with Crippen LogP contribution in [0.4, 0.5) is 0 Å². The van der Waals surface area contributed by atoms with Crippen molar-refractivity contribution in [3.63, 3.8) is 0 Å². The minimum Gasteiger partial charge on any atom is -0.352 e. The number of amides is 1. The normalized spacial score (nSPS) is 25.4. The maximum absolute atomic E-state index is 12.0. The molecule has 2 aliphatic rings. The lowest BCUT2D eigenvalue weighted by molar-refractivity contribution is -0.128. The van der Waals surface area contributed by atoms with Gasteiger partial charge < -0.3 is 11.1 Å². The fourth-order valence-corrected chi connectivity index (χ4v) is 2.47. The Hall–Kier alpha value is -0.280. The van der Waals surface area contributed by atoms with Gasteiger partial charge in [0.2, 0.25) is 5.91 Å². The highest BCUT2D eigenvalue weighted by atomic mass is 35.5. The average molecular weight is 247 g/mol. The number of nitrogens with two attached hydrogens (primary N) is 1. The first-order valence-electron chi connectivity index (χ1n) is 6.22. The molecule has 3 N–H and O–H groups in total. The van der Waals surface area contributed by atoms with Crippen molar-refractivity contribution >= 4 is 18.3 Å². The van der Waals surface area contributed by atoms with E-state index in [-0.39, 0.29) is 18.3 Å². The lowest BCUT2D eigenvalue weighted by atomic mass is 9.81. The molecule has 4 heteroatoms. The van der Waals surface area contributed by atoms with E-state index in [1.54, 1.807) is 0 Å². The van der Waals surface area contributed by atoms with Crippen molar-refractivity contribution in [2.45, 2.75) is 63.5 Å². The molecule has 0 bridgehead atoms. The standard InChI is InChI=1S/C12H22N2O.ClH/c1-9(10-5-6-10)14-11(15)12(13)7-3-2-4-8-12;/h9-10H,2-8,13H2,1H3,(H,14,15);1H. The van der Waals surface area contributed by atoms with Crippen LogP contribution in [0.25, 0.3) is 0 Å². The van der Waals surface area contributed by atoms with Gasteiger partial charge in [-0.2, -0.15) is 0 Å². The van der Waals surface area contributed by atoms with E-state index in [2.05, 4.69) is 12.2 Å². The molecule has 94 valence electrons. The monoisotopic (exact) mass is 246 g/mol. The number of halogens is 1. The smallest absolute Gasteiger partial charge is 0.240 e. The highest BCUT2D eigenvalue weighted by Crippen LogP contribution is 2.33. The molecule has 2 aliphatic carbocycles. The van der Waals surface area contributed by atoms with Crippen LogP contribution in [-0.2, 0) is 4.79 Å². The summed E-state index contributed by atoms with van der Waals surface area (Å²) in [6.07, 6.45) is 7.67. The average Bonchev–Trinajstić information content (AvgIpc) is 3.01. The van der Waals surface area contributed by atoms with Gasteiger partial charge in [-0.25, -0.2) is 0 Å². The molecule has 0 aromatic heterocycles. The molecule has 2 rings (SSSR count). The van der Waals surface area contributed by atoms with Crippen molar-refractivity contribution in [1.82, 2.24) is 5.32 Å². The molecule has 0 spiro atoms. The predicted molar refractivity (Wildman–Crippen MR) is 67.6 cm³/mol. The van der Waals surface area contributed by atoms with E-state index < -0.39 is 5.54 Å². The second kappa shape index (κ2) is 5.37. The van der Waals surface area contributed by atoms with E-state index in [1.807, 2.05) is 0 Å². The van der Waals surface area contributed by atoms with Crippen LogP contribution in [0.3, 0.4) is 0 Å². The van der Waals surface area contributed by atoms with Gasteiger partial charge in [-0.15, -0.1) is 12.4 Å². The van der Waals surface area contributed by atoms with Gasteiger partial charge in [0.05, 0.1) is 5.54 Å². The van der Waals surface area contributed by atoms with E-state index in [1.165, 1.54) is 19.3 Å². The Morgan fingerprint density at radius 1 is 1.31 bits per heavy atom. The second-order valence-electron chi connectivity index (χ2n) is 5.32. The molecule has 2 fully saturated rings. The molecule has 0 heterocycles. The number of rotatable bonds is 3. The van der Waals surface area contributed by atoms with Crippen LogP contribution in [-0.4, -0.2) is 17.5 Å². The first-order chi connectivity index (χ1) is 7.12. The first kappa shape index (κ1) is 13.8. The van der Waals surface area contributed by atoms with Crippen molar-refractivity contribution in [2.24, 2.45) is 11.7 Å². The van der Waals surface area contributed by atoms with Crippen molar-refractivity contribution < 1.29 is 4.79 Å². The Morgan fingerprint density at radius 2 is 1.88 bits per heavy atom. The van der Waals surface area contributed by atoms with Crippen LogP contribution < -0.4 is 11.1 Å². The quantitative estimate of drug-likeness (QED) is 0.800. The van der Waals surface area contributed by atoms with Crippen LogP contribution in [0.15, 0.2) is 0 Å². The summed E-state index contributed by atoms with van der Waals surface area (Å²) in [5.74, 6) is 0.794. The summed E-state index contributed by atoms with van der Waals surface area (Å²) in [5, 5.41) is 3.09. The van der Waals surface area contributed by atoms with Crippen LogP contribution in [0.2, 0.25) is 0 Å². The van der Waals surface area contributed by atoms with Crippen molar-refractivity contribution in [3.8, 4) is 0 Å². The van der Waals surface area contributed by atoms with Crippen LogP contribution in [0.5, 0.6) is 0 Å². The molecular formula is C12H23ClN2O. The number of carbonyl (C=O) groups excluding carboxylic acids is 1. The SMILES string of the molecule is CC(NC(=O)C1(N)CCCCC1)C1CC1.Cl. The largest absolute Gasteiger partial charge is 0.352 e. The van der Waals surface area contributed by atoms with Crippen molar-refractivity contribution in [1.29, 1.82) is 0 Å². The highest BCUT2D eigenvalue weighted by molar-refractivity contribution is 5.86. The van der Waals surface area contributed by atoms with E-state index in [0.717, 1.165) is 25.7 Å². The molecule has 1 atom stereocenters. The summed E-state index contributed by atoms with van der Waals surface area (Å²) in [4.78, 5) is 12.0. The molecule has 16 heavy (non-hydrogen) atoms. The molecule has 1 unspecified atom stereocenters. The van der Waals surface area contributed by atoms with Gasteiger partial charge in [0.25, 0.3) is 0 Å². The highest BCUT2D eigenvalue weighted by Gasteiger charge is 2.37. The number of hydrogen-bond acceptors (Lipinski definition) is 2. The van der Waals surface area contributed by atoms with Crippen molar-refractivity contribution in [2.75, 3.05) is 0 Å². The third kappa shape index (κ3) is 3.11. The molecule has 0 aromatic rings. The summed E-state index contributed by atoms with van der Waals surface area (Å²) in [7, 11) is 0. The zero-order valence-corrected chi connectivity index (χ0v) is 10.8. The van der Waals surface area contributed by atoms with Crippen LogP contribution >= 0.6 is 12.4 Å². The van der Waals surface area contributed by atoms with E-state index in [4.69, 9.17) is 5.73 Å². The third-order valence-corrected chi connectivity index (χ3v) is 3.89. The Balaban J connectivity index is 0.00000128. The van der Waals surface area contributed by atoms with Gasteiger partial charge in [-0.1, -0.05) is 19.3 Å². The van der Waals surface area contributed by atoms with Gasteiger partial charge in [0.1, 0.15) is 0 Å². The molecule has 2 saturated carbocycles. The zero-order chi connectivity index (χ0) is 10.9. The maximum Gasteiger partial charge on any atom is 0.240 e. The molecule has 0 radical (unpaired) electrons. The van der Waals surface area contributed by atoms with Gasteiger partial charge in [0.15, 0.2) is 0 Å². The van der Waals surface area contributed by atoms with E-state index >= 15 is 0 Å². The minimum atomic E-state index is -0.568. The molecule has 1 amide bonds. The lowest BCUT2D eigenvalue weighted by Crippen LogP contribution is -2.56. The number of carbonyl (C=O) groups is 1. The first-order valence-corrected chi connectivity index (χ1v) is 6.22. The van der Waals surface area contributed by atoms with Crippen LogP contribution in [0.1, 0.15) is 51.9 Å². The number of hydrogen-bond donors (Lipinski definition) is 2. The molecular weight excluding hydrogens is 224 g/mol. The van der Waals surface area contributed by atoms with Crippen LogP contribution in [0, 0.1) is 5.92 Å². The summed E-state index contributed by atoms with van der Waals surface area (Å²) in [6.45, 7) is 2.10. The summed E-state index contributed by atoms with van der Waals surface area (Å²) in [5.41, 5.74) is 5.59. The Morgan fingerprint density at radius 3 is 2.38 bits per heavy atom.